The first-order chi connectivity index (χ1) is 8.74. The summed E-state index contributed by atoms with van der Waals surface area (Å²) < 4.78 is 19.0. The molecule has 1 aliphatic carbocycles. The first kappa shape index (κ1) is 13.0. The highest BCUT2D eigenvalue weighted by atomic mass is 19.1. The Balaban J connectivity index is 2.09. The van der Waals surface area contributed by atoms with Crippen LogP contribution in [0.1, 0.15) is 26.2 Å². The van der Waals surface area contributed by atoms with Crippen LogP contribution in [-0.2, 0) is 4.74 Å². The Bertz CT molecular complexity index is 402. The summed E-state index contributed by atoms with van der Waals surface area (Å²) in [6.45, 7) is 2.65. The molecule has 2 rings (SSSR count). The highest BCUT2D eigenvalue weighted by molar-refractivity contribution is 5.42. The van der Waals surface area contributed by atoms with Gasteiger partial charge in [-0.15, -0.1) is 0 Å². The van der Waals surface area contributed by atoms with Crippen molar-refractivity contribution in [1.82, 2.24) is 9.97 Å². The van der Waals surface area contributed by atoms with Crippen LogP contribution >= 0.6 is 0 Å². The summed E-state index contributed by atoms with van der Waals surface area (Å²) in [5.41, 5.74) is 0. The fourth-order valence-corrected chi connectivity index (χ4v) is 2.26. The summed E-state index contributed by atoms with van der Waals surface area (Å²) in [5, 5.41) is 6.08. The molecule has 2 N–H and O–H groups in total. The van der Waals surface area contributed by atoms with Gasteiger partial charge in [-0.1, -0.05) is 0 Å². The maximum absolute atomic E-state index is 13.6. The number of nitrogens with one attached hydrogen (secondary N) is 2. The van der Waals surface area contributed by atoms with Gasteiger partial charge in [0.05, 0.1) is 18.3 Å². The molecule has 1 heterocycles. The second-order valence-electron chi connectivity index (χ2n) is 4.38. The van der Waals surface area contributed by atoms with Crippen LogP contribution in [0.2, 0.25) is 0 Å². The normalized spacial score (nSPS) is 23.1. The lowest BCUT2D eigenvalue weighted by Crippen LogP contribution is -2.30. The van der Waals surface area contributed by atoms with Crippen molar-refractivity contribution in [2.45, 2.75) is 38.3 Å². The third-order valence-corrected chi connectivity index (χ3v) is 3.16. The fourth-order valence-electron chi connectivity index (χ4n) is 2.26. The van der Waals surface area contributed by atoms with Crippen molar-refractivity contribution >= 4 is 11.8 Å². The quantitative estimate of drug-likeness (QED) is 0.842. The lowest BCUT2D eigenvalue weighted by molar-refractivity contribution is 0.101. The number of hydrogen-bond acceptors (Lipinski definition) is 5. The number of rotatable bonds is 5. The summed E-state index contributed by atoms with van der Waals surface area (Å²) in [6.07, 6.45) is 4.37. The van der Waals surface area contributed by atoms with Crippen molar-refractivity contribution < 1.29 is 9.13 Å². The second-order valence-corrected chi connectivity index (χ2v) is 4.38. The van der Waals surface area contributed by atoms with Crippen molar-refractivity contribution in [3.63, 3.8) is 0 Å². The van der Waals surface area contributed by atoms with E-state index in [9.17, 15) is 4.39 Å². The zero-order valence-corrected chi connectivity index (χ0v) is 10.7. The van der Waals surface area contributed by atoms with E-state index < -0.39 is 5.82 Å². The molecule has 0 bridgehead atoms. The molecule has 0 amide bonds. The van der Waals surface area contributed by atoms with Gasteiger partial charge in [-0.25, -0.2) is 9.37 Å². The molecule has 0 radical (unpaired) electrons. The van der Waals surface area contributed by atoms with E-state index >= 15 is 0 Å². The predicted molar refractivity (Wildman–Crippen MR) is 68.2 cm³/mol. The lowest BCUT2D eigenvalue weighted by atomic mass is 10.2. The Morgan fingerprint density at radius 1 is 1.50 bits per heavy atom. The number of halogens is 1. The Kier molecular flexibility index (Phi) is 4.30. The molecule has 1 aromatic heterocycles. The molecule has 1 aliphatic rings. The zero-order chi connectivity index (χ0) is 13.0. The number of methoxy groups -OCH3 is 1. The molecule has 0 spiro atoms. The summed E-state index contributed by atoms with van der Waals surface area (Å²) in [7, 11) is 1.69. The molecule has 100 valence electrons. The fraction of sp³-hybridized carbons (Fsp3) is 0.667. The number of ether oxygens (including phenoxy) is 1. The minimum atomic E-state index is -0.432. The van der Waals surface area contributed by atoms with Gasteiger partial charge in [-0.3, -0.25) is 0 Å². The third-order valence-electron chi connectivity index (χ3n) is 3.16. The van der Waals surface area contributed by atoms with E-state index in [-0.39, 0.29) is 18.0 Å². The number of hydrogen-bond donors (Lipinski definition) is 2. The molecule has 5 nitrogen and oxygen atoms in total. The van der Waals surface area contributed by atoms with Gasteiger partial charge in [-0.2, -0.15) is 4.98 Å². The minimum absolute atomic E-state index is 0.119. The molecule has 2 atom stereocenters. The number of aromatic nitrogens is 2. The first-order valence-electron chi connectivity index (χ1n) is 6.30. The minimum Gasteiger partial charge on any atom is -0.379 e. The van der Waals surface area contributed by atoms with E-state index in [2.05, 4.69) is 20.6 Å². The van der Waals surface area contributed by atoms with E-state index in [1.54, 1.807) is 7.11 Å². The van der Waals surface area contributed by atoms with Crippen molar-refractivity contribution in [2.24, 2.45) is 0 Å². The van der Waals surface area contributed by atoms with E-state index in [0.717, 1.165) is 19.3 Å². The Morgan fingerprint density at radius 2 is 2.33 bits per heavy atom. The van der Waals surface area contributed by atoms with E-state index in [0.29, 0.717) is 12.5 Å². The summed E-state index contributed by atoms with van der Waals surface area (Å²) >= 11 is 0. The zero-order valence-electron chi connectivity index (χ0n) is 10.7. The molecule has 1 aromatic rings. The van der Waals surface area contributed by atoms with Crippen LogP contribution in [0.5, 0.6) is 0 Å². The Labute approximate surface area is 106 Å². The first-order valence-corrected chi connectivity index (χ1v) is 6.30. The molecule has 2 unspecified atom stereocenters. The topological polar surface area (TPSA) is 59.1 Å². The molecule has 18 heavy (non-hydrogen) atoms. The van der Waals surface area contributed by atoms with Crippen LogP contribution in [0.15, 0.2) is 6.20 Å². The van der Waals surface area contributed by atoms with Gasteiger partial charge < -0.3 is 15.4 Å². The van der Waals surface area contributed by atoms with Crippen LogP contribution in [0, 0.1) is 5.82 Å². The average molecular weight is 254 g/mol. The highest BCUT2D eigenvalue weighted by Crippen LogP contribution is 2.25. The molecule has 0 saturated heterocycles. The average Bonchev–Trinajstić information content (AvgIpc) is 2.81. The van der Waals surface area contributed by atoms with Crippen LogP contribution < -0.4 is 10.6 Å². The van der Waals surface area contributed by atoms with Gasteiger partial charge >= 0.3 is 0 Å². The largest absolute Gasteiger partial charge is 0.379 e. The van der Waals surface area contributed by atoms with Crippen LogP contribution in [0.4, 0.5) is 16.2 Å². The van der Waals surface area contributed by atoms with Gasteiger partial charge in [0.1, 0.15) is 0 Å². The van der Waals surface area contributed by atoms with Crippen molar-refractivity contribution in [2.75, 3.05) is 24.3 Å². The summed E-state index contributed by atoms with van der Waals surface area (Å²) in [6, 6.07) is 0.119. The smallest absolute Gasteiger partial charge is 0.224 e. The van der Waals surface area contributed by atoms with E-state index in [1.165, 1.54) is 6.20 Å². The van der Waals surface area contributed by atoms with Gasteiger partial charge in [-0.05, 0) is 26.2 Å². The van der Waals surface area contributed by atoms with E-state index in [1.807, 2.05) is 6.92 Å². The van der Waals surface area contributed by atoms with Gasteiger partial charge in [0.2, 0.25) is 5.95 Å². The monoisotopic (exact) mass is 254 g/mol. The molecule has 6 heteroatoms. The van der Waals surface area contributed by atoms with Crippen molar-refractivity contribution in [3.05, 3.63) is 12.0 Å². The molecule has 1 saturated carbocycles. The van der Waals surface area contributed by atoms with E-state index in [4.69, 9.17) is 4.74 Å². The molecular formula is C12H19FN4O. The maximum Gasteiger partial charge on any atom is 0.224 e. The number of anilines is 2. The summed E-state index contributed by atoms with van der Waals surface area (Å²) in [5.74, 6) is 0.252. The van der Waals surface area contributed by atoms with Crippen LogP contribution in [0.25, 0.3) is 0 Å². The summed E-state index contributed by atoms with van der Waals surface area (Å²) in [4.78, 5) is 8.00. The van der Waals surface area contributed by atoms with Crippen molar-refractivity contribution in [3.8, 4) is 0 Å². The van der Waals surface area contributed by atoms with Gasteiger partial charge in [0, 0.05) is 13.7 Å². The third kappa shape index (κ3) is 2.87. The SMILES string of the molecule is CCNc1ncc(F)c(NC2CCCC2OC)n1. The van der Waals surface area contributed by atoms with Crippen molar-refractivity contribution in [1.29, 1.82) is 0 Å². The standard InChI is InChI=1S/C12H19FN4O/c1-3-14-12-15-7-8(13)11(17-12)16-9-5-4-6-10(9)18-2/h7,9-10H,3-6H2,1-2H3,(H2,14,15,16,17). The van der Waals surface area contributed by atoms with Crippen LogP contribution in [-0.4, -0.2) is 35.8 Å². The molecule has 0 aliphatic heterocycles. The predicted octanol–water partition coefficient (Wildman–Crippen LogP) is 2.03. The molecule has 1 fully saturated rings. The van der Waals surface area contributed by atoms with Gasteiger partial charge in [0.25, 0.3) is 0 Å². The van der Waals surface area contributed by atoms with Crippen LogP contribution in [0.3, 0.4) is 0 Å². The van der Waals surface area contributed by atoms with Gasteiger partial charge in [0.15, 0.2) is 11.6 Å². The molecular weight excluding hydrogens is 235 g/mol. The highest BCUT2D eigenvalue weighted by Gasteiger charge is 2.28. The Hall–Kier alpha value is -1.43. The number of nitrogens with zero attached hydrogens (tertiary/aromatic N) is 2. The Morgan fingerprint density at radius 3 is 3.06 bits per heavy atom. The maximum atomic E-state index is 13.6. The lowest BCUT2D eigenvalue weighted by Gasteiger charge is -2.20. The second kappa shape index (κ2) is 5.95. The molecule has 0 aromatic carbocycles.